The normalized spacial score (nSPS) is 18.0. The van der Waals surface area contributed by atoms with E-state index in [2.05, 4.69) is 27.7 Å². The van der Waals surface area contributed by atoms with E-state index < -0.39 is 0 Å². The van der Waals surface area contributed by atoms with Crippen molar-refractivity contribution < 1.29 is 9.32 Å². The summed E-state index contributed by atoms with van der Waals surface area (Å²) < 4.78 is 7.46. The van der Waals surface area contributed by atoms with Crippen LogP contribution in [0.2, 0.25) is 0 Å². The Bertz CT molecular complexity index is 911. The monoisotopic (exact) mass is 338 g/mol. The number of para-hydroxylation sites is 1. The highest BCUT2D eigenvalue weighted by atomic mass is 16.5. The van der Waals surface area contributed by atoms with Crippen LogP contribution in [-0.2, 0) is 6.54 Å². The lowest BCUT2D eigenvalue weighted by Gasteiger charge is -2.31. The van der Waals surface area contributed by atoms with E-state index in [0.717, 1.165) is 42.4 Å². The molecule has 0 N–H and O–H groups in total. The topological polar surface area (TPSA) is 64.2 Å². The number of hydrogen-bond acceptors (Lipinski definition) is 4. The first kappa shape index (κ1) is 15.9. The van der Waals surface area contributed by atoms with Crippen molar-refractivity contribution in [1.82, 2.24) is 19.6 Å². The molecule has 0 aliphatic carbocycles. The van der Waals surface area contributed by atoms with Crippen molar-refractivity contribution in [2.45, 2.75) is 39.2 Å². The summed E-state index contributed by atoms with van der Waals surface area (Å²) in [6, 6.07) is 8.09. The average Bonchev–Trinajstić information content (AvgIpc) is 3.25. The smallest absolute Gasteiger partial charge is 0.256 e. The van der Waals surface area contributed by atoms with Gasteiger partial charge in [-0.1, -0.05) is 23.4 Å². The van der Waals surface area contributed by atoms with Crippen molar-refractivity contribution in [3.8, 4) is 0 Å². The molecule has 1 amide bonds. The fraction of sp³-hybridized carbons (Fsp3) is 0.421. The van der Waals surface area contributed by atoms with Crippen LogP contribution in [0.1, 0.15) is 47.8 Å². The molecule has 1 unspecified atom stereocenters. The molecule has 0 spiro atoms. The molecule has 1 aliphatic rings. The van der Waals surface area contributed by atoms with Crippen LogP contribution in [0, 0.1) is 6.92 Å². The summed E-state index contributed by atoms with van der Waals surface area (Å²) in [6.45, 7) is 6.16. The minimum atomic E-state index is 0.0873. The van der Waals surface area contributed by atoms with E-state index in [-0.39, 0.29) is 11.8 Å². The van der Waals surface area contributed by atoms with Gasteiger partial charge in [-0.05, 0) is 32.8 Å². The van der Waals surface area contributed by atoms with Crippen LogP contribution >= 0.6 is 0 Å². The van der Waals surface area contributed by atoms with Crippen molar-refractivity contribution in [2.75, 3.05) is 13.1 Å². The molecular weight excluding hydrogens is 316 g/mol. The number of benzene rings is 1. The molecule has 4 rings (SSSR count). The highest BCUT2D eigenvalue weighted by Gasteiger charge is 2.30. The SMILES string of the molecule is CCn1cc(C(=O)N2CCCC(c3nc(C)no3)C2)c2ccccc21. The number of piperidine rings is 1. The van der Waals surface area contributed by atoms with Gasteiger partial charge in [0.15, 0.2) is 5.82 Å². The second-order valence-electron chi connectivity index (χ2n) is 6.62. The molecule has 3 heterocycles. The van der Waals surface area contributed by atoms with Crippen LogP contribution in [-0.4, -0.2) is 38.6 Å². The lowest BCUT2D eigenvalue weighted by molar-refractivity contribution is 0.0697. The van der Waals surface area contributed by atoms with Crippen molar-refractivity contribution in [1.29, 1.82) is 0 Å². The molecule has 3 aromatic rings. The Morgan fingerprint density at radius 3 is 2.96 bits per heavy atom. The summed E-state index contributed by atoms with van der Waals surface area (Å²) in [5.74, 6) is 1.50. The molecule has 6 heteroatoms. The van der Waals surface area contributed by atoms with E-state index >= 15 is 0 Å². The number of rotatable bonds is 3. The Morgan fingerprint density at radius 1 is 1.36 bits per heavy atom. The molecule has 1 aromatic carbocycles. The van der Waals surface area contributed by atoms with Gasteiger partial charge in [0.25, 0.3) is 5.91 Å². The van der Waals surface area contributed by atoms with Gasteiger partial charge in [0.05, 0.1) is 11.5 Å². The quantitative estimate of drug-likeness (QED) is 0.734. The lowest BCUT2D eigenvalue weighted by Crippen LogP contribution is -2.39. The Labute approximate surface area is 146 Å². The van der Waals surface area contributed by atoms with Gasteiger partial charge in [-0.15, -0.1) is 0 Å². The molecular formula is C19H22N4O2. The highest BCUT2D eigenvalue weighted by molar-refractivity contribution is 6.07. The lowest BCUT2D eigenvalue weighted by atomic mass is 9.97. The summed E-state index contributed by atoms with van der Waals surface area (Å²) >= 11 is 0. The number of likely N-dealkylation sites (tertiary alicyclic amines) is 1. The fourth-order valence-electron chi connectivity index (χ4n) is 3.69. The first-order valence-electron chi connectivity index (χ1n) is 8.84. The predicted octanol–water partition coefficient (Wildman–Crippen LogP) is 3.37. The number of carbonyl (C=O) groups excluding carboxylic acids is 1. The number of carbonyl (C=O) groups is 1. The molecule has 25 heavy (non-hydrogen) atoms. The summed E-state index contributed by atoms with van der Waals surface area (Å²) in [5, 5.41) is 4.90. The van der Waals surface area contributed by atoms with E-state index in [1.165, 1.54) is 0 Å². The minimum absolute atomic E-state index is 0.0873. The summed E-state index contributed by atoms with van der Waals surface area (Å²) in [4.78, 5) is 19.4. The van der Waals surface area contributed by atoms with E-state index in [0.29, 0.717) is 18.3 Å². The number of fused-ring (bicyclic) bond motifs is 1. The minimum Gasteiger partial charge on any atom is -0.347 e. The first-order valence-corrected chi connectivity index (χ1v) is 8.84. The Balaban J connectivity index is 1.62. The zero-order chi connectivity index (χ0) is 17.4. The Hall–Kier alpha value is -2.63. The maximum absolute atomic E-state index is 13.2. The van der Waals surface area contributed by atoms with Crippen molar-refractivity contribution >= 4 is 16.8 Å². The van der Waals surface area contributed by atoms with E-state index in [1.807, 2.05) is 36.2 Å². The molecule has 2 aromatic heterocycles. The van der Waals surface area contributed by atoms with Gasteiger partial charge in [0.1, 0.15) is 0 Å². The number of aryl methyl sites for hydroxylation is 2. The molecule has 1 aliphatic heterocycles. The number of nitrogens with zero attached hydrogens (tertiary/aromatic N) is 4. The number of aromatic nitrogens is 3. The summed E-state index contributed by atoms with van der Waals surface area (Å²) in [7, 11) is 0. The van der Waals surface area contributed by atoms with E-state index in [9.17, 15) is 4.79 Å². The summed E-state index contributed by atoms with van der Waals surface area (Å²) in [5.41, 5.74) is 1.88. The van der Waals surface area contributed by atoms with E-state index in [4.69, 9.17) is 4.52 Å². The third-order valence-electron chi connectivity index (χ3n) is 4.96. The van der Waals surface area contributed by atoms with Crippen LogP contribution in [0.25, 0.3) is 10.9 Å². The molecule has 130 valence electrons. The Morgan fingerprint density at radius 2 is 2.20 bits per heavy atom. The van der Waals surface area contributed by atoms with Gasteiger partial charge in [0, 0.05) is 36.7 Å². The zero-order valence-corrected chi connectivity index (χ0v) is 14.6. The zero-order valence-electron chi connectivity index (χ0n) is 14.6. The van der Waals surface area contributed by atoms with Crippen LogP contribution in [0.15, 0.2) is 35.0 Å². The van der Waals surface area contributed by atoms with E-state index in [1.54, 1.807) is 0 Å². The molecule has 0 bridgehead atoms. The predicted molar refractivity (Wildman–Crippen MR) is 94.5 cm³/mol. The molecule has 1 saturated heterocycles. The fourth-order valence-corrected chi connectivity index (χ4v) is 3.69. The molecule has 1 atom stereocenters. The maximum Gasteiger partial charge on any atom is 0.256 e. The Kier molecular flexibility index (Phi) is 4.03. The van der Waals surface area contributed by atoms with Crippen LogP contribution < -0.4 is 0 Å². The molecule has 0 saturated carbocycles. The van der Waals surface area contributed by atoms with Crippen LogP contribution in [0.5, 0.6) is 0 Å². The third kappa shape index (κ3) is 2.81. The van der Waals surface area contributed by atoms with Gasteiger partial charge in [-0.3, -0.25) is 4.79 Å². The van der Waals surface area contributed by atoms with Gasteiger partial charge in [-0.25, -0.2) is 0 Å². The molecule has 0 radical (unpaired) electrons. The second-order valence-corrected chi connectivity index (χ2v) is 6.62. The largest absolute Gasteiger partial charge is 0.347 e. The van der Waals surface area contributed by atoms with Gasteiger partial charge in [0.2, 0.25) is 5.89 Å². The molecule has 6 nitrogen and oxygen atoms in total. The van der Waals surface area contributed by atoms with Gasteiger partial charge in [-0.2, -0.15) is 4.98 Å². The summed E-state index contributed by atoms with van der Waals surface area (Å²) in [6.07, 6.45) is 3.90. The standard InChI is InChI=1S/C19H22N4O2/c1-3-22-12-16(15-8-4-5-9-17(15)22)19(24)23-10-6-7-14(11-23)18-20-13(2)21-25-18/h4-5,8-9,12,14H,3,6-7,10-11H2,1-2H3. The molecule has 1 fully saturated rings. The number of hydrogen-bond donors (Lipinski definition) is 0. The van der Waals surface area contributed by atoms with Crippen molar-refractivity contribution in [3.05, 3.63) is 47.7 Å². The average molecular weight is 338 g/mol. The van der Waals surface area contributed by atoms with Gasteiger partial charge < -0.3 is 14.0 Å². The second kappa shape index (κ2) is 6.35. The highest BCUT2D eigenvalue weighted by Crippen LogP contribution is 2.29. The van der Waals surface area contributed by atoms with Crippen molar-refractivity contribution in [2.24, 2.45) is 0 Å². The first-order chi connectivity index (χ1) is 12.2. The third-order valence-corrected chi connectivity index (χ3v) is 4.96. The van der Waals surface area contributed by atoms with Crippen molar-refractivity contribution in [3.63, 3.8) is 0 Å². The maximum atomic E-state index is 13.2. The van der Waals surface area contributed by atoms with Crippen LogP contribution in [0.4, 0.5) is 0 Å². The number of amides is 1. The van der Waals surface area contributed by atoms with Gasteiger partial charge >= 0.3 is 0 Å². The van der Waals surface area contributed by atoms with Crippen LogP contribution in [0.3, 0.4) is 0 Å².